The molecule has 86 valence electrons. The fourth-order valence-corrected chi connectivity index (χ4v) is 1.41. The van der Waals surface area contributed by atoms with Crippen LogP contribution in [0.1, 0.15) is 18.9 Å². The first kappa shape index (κ1) is 12.8. The van der Waals surface area contributed by atoms with Gasteiger partial charge in [0, 0.05) is 31.2 Å². The largest absolute Gasteiger partial charge is 0.489 e. The van der Waals surface area contributed by atoms with Crippen LogP contribution in [0, 0.1) is 11.3 Å². The average Bonchev–Trinajstić information content (AvgIpc) is 2.27. The Labute approximate surface area is 101 Å². The Bertz CT molecular complexity index is 387. The van der Waals surface area contributed by atoms with E-state index in [1.165, 1.54) is 0 Å². The summed E-state index contributed by atoms with van der Waals surface area (Å²) < 4.78 is 10.6. The fraction of sp³-hybridized carbons (Fsp3) is 0.417. The zero-order valence-electron chi connectivity index (χ0n) is 9.37. The lowest BCUT2D eigenvalue weighted by atomic mass is 10.2. The third-order valence-electron chi connectivity index (χ3n) is 2.12. The monoisotopic (exact) mass is 239 g/mol. The Morgan fingerprint density at radius 1 is 1.50 bits per heavy atom. The highest BCUT2D eigenvalue weighted by Gasteiger charge is 2.08. The second-order valence-corrected chi connectivity index (χ2v) is 3.90. The third kappa shape index (κ3) is 3.73. The minimum Gasteiger partial charge on any atom is -0.489 e. The molecule has 0 saturated carbocycles. The quantitative estimate of drug-likeness (QED) is 0.793. The first-order valence-corrected chi connectivity index (χ1v) is 5.40. The van der Waals surface area contributed by atoms with Crippen LogP contribution in [-0.4, -0.2) is 19.8 Å². The lowest BCUT2D eigenvalue weighted by Gasteiger charge is -2.15. The molecule has 1 rings (SSSR count). The number of methoxy groups -OCH3 is 1. The summed E-state index contributed by atoms with van der Waals surface area (Å²) in [5, 5.41) is 9.46. The summed E-state index contributed by atoms with van der Waals surface area (Å²) in [4.78, 5) is 0. The molecule has 0 spiro atoms. The van der Waals surface area contributed by atoms with E-state index in [4.69, 9.17) is 26.3 Å². The van der Waals surface area contributed by atoms with Gasteiger partial charge >= 0.3 is 0 Å². The maximum atomic E-state index is 8.90. The molecular formula is C12H14ClNO2. The van der Waals surface area contributed by atoms with Gasteiger partial charge in [-0.2, -0.15) is 5.26 Å². The molecule has 0 amide bonds. The molecule has 0 N–H and O–H groups in total. The van der Waals surface area contributed by atoms with Crippen molar-refractivity contribution in [2.45, 2.75) is 19.4 Å². The Balaban J connectivity index is 2.72. The van der Waals surface area contributed by atoms with E-state index < -0.39 is 0 Å². The number of hydrogen-bond acceptors (Lipinski definition) is 3. The molecule has 1 atom stereocenters. The molecule has 0 aliphatic carbocycles. The predicted octanol–water partition coefficient (Wildman–Crippen LogP) is 3.02. The van der Waals surface area contributed by atoms with Gasteiger partial charge in [-0.15, -0.1) is 0 Å². The highest BCUT2D eigenvalue weighted by Crippen LogP contribution is 2.24. The van der Waals surface area contributed by atoms with Crippen LogP contribution in [-0.2, 0) is 4.74 Å². The van der Waals surface area contributed by atoms with E-state index in [1.54, 1.807) is 25.3 Å². The lowest BCUT2D eigenvalue weighted by Crippen LogP contribution is -2.14. The average molecular weight is 240 g/mol. The SMILES string of the molecule is COCCC(C)Oc1cc(Cl)ccc1C#N. The summed E-state index contributed by atoms with van der Waals surface area (Å²) in [6.45, 7) is 2.56. The van der Waals surface area contributed by atoms with E-state index in [2.05, 4.69) is 6.07 Å². The van der Waals surface area contributed by atoms with E-state index in [-0.39, 0.29) is 6.10 Å². The van der Waals surface area contributed by atoms with Gasteiger partial charge in [0.15, 0.2) is 0 Å². The van der Waals surface area contributed by atoms with Gasteiger partial charge in [-0.3, -0.25) is 0 Å². The van der Waals surface area contributed by atoms with E-state index >= 15 is 0 Å². The first-order chi connectivity index (χ1) is 7.67. The zero-order valence-corrected chi connectivity index (χ0v) is 10.1. The van der Waals surface area contributed by atoms with Crippen molar-refractivity contribution >= 4 is 11.6 Å². The Kier molecular flexibility index (Phi) is 5.10. The van der Waals surface area contributed by atoms with Crippen LogP contribution in [0.25, 0.3) is 0 Å². The van der Waals surface area contributed by atoms with Gasteiger partial charge in [-0.05, 0) is 19.1 Å². The summed E-state index contributed by atoms with van der Waals surface area (Å²) >= 11 is 5.85. The van der Waals surface area contributed by atoms with Crippen LogP contribution >= 0.6 is 11.6 Å². The molecule has 0 saturated heterocycles. The molecule has 0 aromatic heterocycles. The molecule has 16 heavy (non-hydrogen) atoms. The molecule has 3 nitrogen and oxygen atoms in total. The predicted molar refractivity (Wildman–Crippen MR) is 62.8 cm³/mol. The lowest BCUT2D eigenvalue weighted by molar-refractivity contribution is 0.135. The number of nitriles is 1. The van der Waals surface area contributed by atoms with Gasteiger partial charge < -0.3 is 9.47 Å². The van der Waals surface area contributed by atoms with Crippen LogP contribution in [0.5, 0.6) is 5.75 Å². The minimum absolute atomic E-state index is 0.00878. The van der Waals surface area contributed by atoms with Gasteiger partial charge in [-0.1, -0.05) is 11.6 Å². The van der Waals surface area contributed by atoms with Crippen molar-refractivity contribution in [2.75, 3.05) is 13.7 Å². The summed E-state index contributed by atoms with van der Waals surface area (Å²) in [6, 6.07) is 7.05. The molecule has 0 aliphatic rings. The van der Waals surface area contributed by atoms with Crippen LogP contribution in [0.2, 0.25) is 5.02 Å². The molecule has 0 bridgehead atoms. The number of halogens is 1. The van der Waals surface area contributed by atoms with Crippen molar-refractivity contribution in [1.82, 2.24) is 0 Å². The van der Waals surface area contributed by atoms with Crippen LogP contribution in [0.15, 0.2) is 18.2 Å². The molecule has 0 heterocycles. The van der Waals surface area contributed by atoms with Crippen molar-refractivity contribution in [2.24, 2.45) is 0 Å². The molecular weight excluding hydrogens is 226 g/mol. The minimum atomic E-state index is -0.00878. The topological polar surface area (TPSA) is 42.2 Å². The number of hydrogen-bond donors (Lipinski definition) is 0. The van der Waals surface area contributed by atoms with Crippen LogP contribution in [0.4, 0.5) is 0 Å². The number of benzene rings is 1. The van der Waals surface area contributed by atoms with Crippen molar-refractivity contribution in [1.29, 1.82) is 5.26 Å². The molecule has 1 aromatic carbocycles. The van der Waals surface area contributed by atoms with Crippen molar-refractivity contribution in [3.63, 3.8) is 0 Å². The van der Waals surface area contributed by atoms with Crippen LogP contribution < -0.4 is 4.74 Å². The van der Waals surface area contributed by atoms with Gasteiger partial charge in [-0.25, -0.2) is 0 Å². The Hall–Kier alpha value is -1.24. The molecule has 0 fully saturated rings. The molecule has 1 aromatic rings. The second-order valence-electron chi connectivity index (χ2n) is 3.46. The summed E-state index contributed by atoms with van der Waals surface area (Å²) in [5.74, 6) is 0.526. The standard InChI is InChI=1S/C12H14ClNO2/c1-9(5-6-15-2)16-12-7-11(13)4-3-10(12)8-14/h3-4,7,9H,5-6H2,1-2H3. The normalized spacial score (nSPS) is 11.9. The number of rotatable bonds is 5. The Morgan fingerprint density at radius 3 is 2.88 bits per heavy atom. The summed E-state index contributed by atoms with van der Waals surface area (Å²) in [6.07, 6.45) is 0.763. The van der Waals surface area contributed by atoms with Gasteiger partial charge in [0.1, 0.15) is 11.8 Å². The first-order valence-electron chi connectivity index (χ1n) is 5.02. The highest BCUT2D eigenvalue weighted by atomic mass is 35.5. The van der Waals surface area contributed by atoms with Crippen LogP contribution in [0.3, 0.4) is 0 Å². The molecule has 0 radical (unpaired) electrons. The smallest absolute Gasteiger partial charge is 0.138 e. The van der Waals surface area contributed by atoms with Crippen molar-refractivity contribution in [3.05, 3.63) is 28.8 Å². The van der Waals surface area contributed by atoms with Crippen molar-refractivity contribution < 1.29 is 9.47 Å². The van der Waals surface area contributed by atoms with Gasteiger partial charge in [0.25, 0.3) is 0 Å². The summed E-state index contributed by atoms with van der Waals surface area (Å²) in [5.41, 5.74) is 0.494. The third-order valence-corrected chi connectivity index (χ3v) is 2.36. The van der Waals surface area contributed by atoms with E-state index in [9.17, 15) is 0 Å². The highest BCUT2D eigenvalue weighted by molar-refractivity contribution is 6.30. The van der Waals surface area contributed by atoms with E-state index in [0.717, 1.165) is 6.42 Å². The maximum absolute atomic E-state index is 8.90. The van der Waals surface area contributed by atoms with Gasteiger partial charge in [0.05, 0.1) is 11.7 Å². The maximum Gasteiger partial charge on any atom is 0.138 e. The molecule has 4 heteroatoms. The second kappa shape index (κ2) is 6.37. The molecule has 1 unspecified atom stereocenters. The summed E-state index contributed by atoms with van der Waals surface area (Å²) in [7, 11) is 1.65. The van der Waals surface area contributed by atoms with Gasteiger partial charge in [0.2, 0.25) is 0 Å². The Morgan fingerprint density at radius 2 is 2.25 bits per heavy atom. The molecule has 0 aliphatic heterocycles. The number of ether oxygens (including phenoxy) is 2. The number of nitrogens with zero attached hydrogens (tertiary/aromatic N) is 1. The van der Waals surface area contributed by atoms with E-state index in [1.807, 2.05) is 6.92 Å². The van der Waals surface area contributed by atoms with Crippen molar-refractivity contribution in [3.8, 4) is 11.8 Å². The zero-order chi connectivity index (χ0) is 12.0. The van der Waals surface area contributed by atoms with E-state index in [0.29, 0.717) is 22.9 Å². The fourth-order valence-electron chi connectivity index (χ4n) is 1.25.